The first-order chi connectivity index (χ1) is 13.0. The van der Waals surface area contributed by atoms with E-state index in [4.69, 9.17) is 9.47 Å². The second kappa shape index (κ2) is 9.91. The highest BCUT2D eigenvalue weighted by molar-refractivity contribution is 5.94. The van der Waals surface area contributed by atoms with Crippen LogP contribution in [0.25, 0.3) is 0 Å². The quantitative estimate of drug-likeness (QED) is 0.642. The number of likely N-dealkylation sites (N-methyl/N-ethyl adjacent to an activating group) is 1. The summed E-state index contributed by atoms with van der Waals surface area (Å²) in [7, 11) is 1.83. The van der Waals surface area contributed by atoms with Gasteiger partial charge in [0.25, 0.3) is 0 Å². The minimum atomic E-state index is -0.442. The fourth-order valence-electron chi connectivity index (χ4n) is 2.81. The molecule has 2 N–H and O–H groups in total. The van der Waals surface area contributed by atoms with Crippen molar-refractivity contribution in [1.29, 1.82) is 0 Å². The molecule has 0 spiro atoms. The first-order valence-electron chi connectivity index (χ1n) is 8.99. The van der Waals surface area contributed by atoms with Crippen LogP contribution in [0.15, 0.2) is 35.5 Å². The van der Waals surface area contributed by atoms with Gasteiger partial charge in [0.05, 0.1) is 18.2 Å². The molecule has 7 nitrogen and oxygen atoms in total. The second-order valence-electron chi connectivity index (χ2n) is 6.19. The summed E-state index contributed by atoms with van der Waals surface area (Å²) < 4.78 is 24.2. The lowest BCUT2D eigenvalue weighted by Gasteiger charge is -2.30. The summed E-state index contributed by atoms with van der Waals surface area (Å²) in [5.41, 5.74) is 0.943. The highest BCUT2D eigenvalue weighted by Gasteiger charge is 2.31. The summed E-state index contributed by atoms with van der Waals surface area (Å²) in [6.07, 6.45) is 0.575. The van der Waals surface area contributed by atoms with Crippen LogP contribution in [0.1, 0.15) is 20.3 Å². The smallest absolute Gasteiger partial charge is 0.337 e. The molecule has 2 rings (SSSR count). The van der Waals surface area contributed by atoms with Crippen LogP contribution in [0.3, 0.4) is 0 Å². The van der Waals surface area contributed by atoms with E-state index in [-0.39, 0.29) is 25.0 Å². The third kappa shape index (κ3) is 5.68. The van der Waals surface area contributed by atoms with Gasteiger partial charge in [-0.15, -0.1) is 0 Å². The first-order valence-corrected chi connectivity index (χ1v) is 8.99. The van der Waals surface area contributed by atoms with E-state index in [1.165, 1.54) is 6.07 Å². The van der Waals surface area contributed by atoms with Gasteiger partial charge in [-0.25, -0.2) is 14.0 Å². The van der Waals surface area contributed by atoms with E-state index in [1.54, 1.807) is 25.1 Å². The Hall–Kier alpha value is -2.61. The van der Waals surface area contributed by atoms with E-state index in [0.717, 1.165) is 0 Å². The predicted molar refractivity (Wildman–Crippen MR) is 98.8 cm³/mol. The maximum absolute atomic E-state index is 13.6. The molecule has 0 saturated heterocycles. The van der Waals surface area contributed by atoms with E-state index < -0.39 is 17.8 Å². The Morgan fingerprint density at radius 3 is 2.70 bits per heavy atom. The lowest BCUT2D eigenvalue weighted by atomic mass is 10.00. The number of urea groups is 1. The number of nitrogens with zero attached hydrogens (tertiary/aromatic N) is 1. The average Bonchev–Trinajstić information content (AvgIpc) is 2.62. The molecule has 1 heterocycles. The summed E-state index contributed by atoms with van der Waals surface area (Å²) >= 11 is 0. The van der Waals surface area contributed by atoms with Crippen molar-refractivity contribution in [2.75, 3.05) is 33.4 Å². The van der Waals surface area contributed by atoms with Gasteiger partial charge >= 0.3 is 12.0 Å². The largest absolute Gasteiger partial charge is 0.489 e. The predicted octanol–water partition coefficient (Wildman–Crippen LogP) is 2.04. The molecule has 2 amide bonds. The summed E-state index contributed by atoms with van der Waals surface area (Å²) in [6.45, 7) is 4.96. The fraction of sp³-hybridized carbons (Fsp3) is 0.474. The Balaban J connectivity index is 2.02. The molecule has 0 aromatic heterocycles. The number of halogens is 1. The molecular formula is C19H26FN3O4. The van der Waals surface area contributed by atoms with E-state index in [2.05, 4.69) is 10.6 Å². The van der Waals surface area contributed by atoms with E-state index in [9.17, 15) is 14.0 Å². The zero-order chi connectivity index (χ0) is 19.8. The Morgan fingerprint density at radius 2 is 2.04 bits per heavy atom. The third-order valence-corrected chi connectivity index (χ3v) is 4.14. The van der Waals surface area contributed by atoms with Gasteiger partial charge in [-0.05, 0) is 32.5 Å². The molecule has 1 aliphatic heterocycles. The topological polar surface area (TPSA) is 79.9 Å². The molecule has 0 saturated carbocycles. The van der Waals surface area contributed by atoms with Crippen molar-refractivity contribution in [2.45, 2.75) is 26.3 Å². The lowest BCUT2D eigenvalue weighted by Crippen LogP contribution is -2.52. The Kier molecular flexibility index (Phi) is 7.60. The number of benzene rings is 1. The Labute approximate surface area is 158 Å². The molecule has 148 valence electrons. The van der Waals surface area contributed by atoms with Crippen LogP contribution >= 0.6 is 0 Å². The van der Waals surface area contributed by atoms with Gasteiger partial charge < -0.3 is 20.1 Å². The number of ether oxygens (including phenoxy) is 2. The summed E-state index contributed by atoms with van der Waals surface area (Å²) in [5.74, 6) is -0.662. The van der Waals surface area contributed by atoms with E-state index in [1.807, 2.05) is 18.9 Å². The number of nitrogens with one attached hydrogen (secondary N) is 2. The van der Waals surface area contributed by atoms with Crippen molar-refractivity contribution in [3.8, 4) is 5.75 Å². The average molecular weight is 379 g/mol. The normalized spacial score (nSPS) is 16.8. The minimum absolute atomic E-state index is 0.193. The van der Waals surface area contributed by atoms with Crippen LogP contribution in [0.5, 0.6) is 5.75 Å². The molecule has 8 heteroatoms. The van der Waals surface area contributed by atoms with Crippen LogP contribution in [0.2, 0.25) is 0 Å². The van der Waals surface area contributed by atoms with Crippen molar-refractivity contribution >= 4 is 12.0 Å². The van der Waals surface area contributed by atoms with Gasteiger partial charge in [-0.1, -0.05) is 19.1 Å². The number of amides is 2. The highest BCUT2D eigenvalue weighted by Crippen LogP contribution is 2.18. The minimum Gasteiger partial charge on any atom is -0.489 e. The van der Waals surface area contributed by atoms with Gasteiger partial charge in [-0.3, -0.25) is 4.90 Å². The lowest BCUT2D eigenvalue weighted by molar-refractivity contribution is -0.139. The third-order valence-electron chi connectivity index (χ3n) is 4.14. The maximum Gasteiger partial charge on any atom is 0.337 e. The van der Waals surface area contributed by atoms with Crippen molar-refractivity contribution in [3.05, 3.63) is 41.4 Å². The number of esters is 1. The molecule has 1 aromatic carbocycles. The van der Waals surface area contributed by atoms with E-state index >= 15 is 0 Å². The van der Waals surface area contributed by atoms with Crippen LogP contribution in [-0.2, 0) is 9.53 Å². The number of para-hydroxylation sites is 1. The Morgan fingerprint density at radius 1 is 1.30 bits per heavy atom. The SMILES string of the molecule is CCOC(=O)C1=C(CN(C)CCOc2ccccc2F)NC(=O)N[C@H]1CC. The molecule has 0 radical (unpaired) electrons. The standard InChI is InChI=1S/C19H26FN3O4/c1-4-14-17(18(24)26-5-2)15(22-19(25)21-14)12-23(3)10-11-27-16-9-7-6-8-13(16)20/h6-9,14H,4-5,10-12H2,1-3H3,(H2,21,22,25)/t14-/m0/s1. The molecule has 0 fully saturated rings. The zero-order valence-corrected chi connectivity index (χ0v) is 15.9. The molecule has 0 bridgehead atoms. The van der Waals surface area contributed by atoms with Crippen LogP contribution in [-0.4, -0.2) is 56.3 Å². The number of rotatable bonds is 9. The highest BCUT2D eigenvalue weighted by atomic mass is 19.1. The van der Waals surface area contributed by atoms with Crippen molar-refractivity contribution in [1.82, 2.24) is 15.5 Å². The molecule has 1 aliphatic rings. The molecule has 1 aromatic rings. The molecule has 0 unspecified atom stereocenters. The second-order valence-corrected chi connectivity index (χ2v) is 6.19. The summed E-state index contributed by atoms with van der Waals surface area (Å²) in [4.78, 5) is 26.1. The molecule has 0 aliphatic carbocycles. The van der Waals surface area contributed by atoms with Gasteiger partial charge in [-0.2, -0.15) is 0 Å². The first kappa shape index (κ1) is 20.7. The number of carbonyl (C=O) groups excluding carboxylic acids is 2. The molecule has 27 heavy (non-hydrogen) atoms. The van der Waals surface area contributed by atoms with Crippen LogP contribution in [0, 0.1) is 5.82 Å². The van der Waals surface area contributed by atoms with Crippen LogP contribution < -0.4 is 15.4 Å². The van der Waals surface area contributed by atoms with Crippen molar-refractivity contribution < 1.29 is 23.5 Å². The van der Waals surface area contributed by atoms with Gasteiger partial charge in [0.2, 0.25) is 0 Å². The van der Waals surface area contributed by atoms with Gasteiger partial charge in [0.15, 0.2) is 11.6 Å². The Bertz CT molecular complexity index is 708. The molecule has 1 atom stereocenters. The van der Waals surface area contributed by atoms with Gasteiger partial charge in [0, 0.05) is 18.8 Å². The maximum atomic E-state index is 13.6. The molecular weight excluding hydrogens is 353 g/mol. The van der Waals surface area contributed by atoms with Crippen molar-refractivity contribution in [2.24, 2.45) is 0 Å². The zero-order valence-electron chi connectivity index (χ0n) is 15.9. The fourth-order valence-corrected chi connectivity index (χ4v) is 2.81. The van der Waals surface area contributed by atoms with Crippen molar-refractivity contribution in [3.63, 3.8) is 0 Å². The number of hydrogen-bond acceptors (Lipinski definition) is 5. The summed E-state index contributed by atoms with van der Waals surface area (Å²) in [6, 6.07) is 5.47. The number of carbonyl (C=O) groups is 2. The van der Waals surface area contributed by atoms with Crippen LogP contribution in [0.4, 0.5) is 9.18 Å². The monoisotopic (exact) mass is 379 g/mol. The summed E-state index contributed by atoms with van der Waals surface area (Å²) in [5, 5.41) is 5.44. The van der Waals surface area contributed by atoms with Gasteiger partial charge in [0.1, 0.15) is 6.61 Å². The number of hydrogen-bond donors (Lipinski definition) is 2. The van der Waals surface area contributed by atoms with E-state index in [0.29, 0.717) is 30.8 Å².